The summed E-state index contributed by atoms with van der Waals surface area (Å²) in [6, 6.07) is 8.77. The molecule has 0 bridgehead atoms. The van der Waals surface area contributed by atoms with Crippen molar-refractivity contribution in [2.45, 2.75) is 0 Å². The Labute approximate surface area is 138 Å². The van der Waals surface area contributed by atoms with Crippen molar-refractivity contribution < 1.29 is 23.9 Å². The molecule has 8 heteroatoms. The van der Waals surface area contributed by atoms with Crippen LogP contribution < -0.4 is 19.5 Å². The Hall–Kier alpha value is -3.29. The van der Waals surface area contributed by atoms with E-state index in [1.807, 2.05) is 0 Å². The number of nitro benzene ring substituents is 1. The Morgan fingerprint density at radius 3 is 2.12 bits per heavy atom. The van der Waals surface area contributed by atoms with Gasteiger partial charge in [0.25, 0.3) is 11.6 Å². The van der Waals surface area contributed by atoms with Crippen LogP contribution in [0.5, 0.6) is 17.2 Å². The highest BCUT2D eigenvalue weighted by Crippen LogP contribution is 2.40. The molecule has 126 valence electrons. The van der Waals surface area contributed by atoms with Crippen LogP contribution in [0.2, 0.25) is 0 Å². The molecule has 0 aliphatic rings. The highest BCUT2D eigenvalue weighted by Gasteiger charge is 2.20. The number of anilines is 1. The number of nitrogens with one attached hydrogen (secondary N) is 1. The average molecular weight is 332 g/mol. The molecule has 2 aromatic rings. The number of ether oxygens (including phenoxy) is 3. The molecule has 1 amide bonds. The molecule has 24 heavy (non-hydrogen) atoms. The van der Waals surface area contributed by atoms with Crippen molar-refractivity contribution in [1.29, 1.82) is 0 Å². The Balaban J connectivity index is 2.38. The minimum atomic E-state index is -0.614. The van der Waals surface area contributed by atoms with Crippen molar-refractivity contribution in [3.8, 4) is 17.2 Å². The van der Waals surface area contributed by atoms with Gasteiger partial charge in [0.2, 0.25) is 5.75 Å². The Kier molecular flexibility index (Phi) is 5.20. The maximum absolute atomic E-state index is 12.4. The number of hydrogen-bond acceptors (Lipinski definition) is 6. The third-order valence-corrected chi connectivity index (χ3v) is 3.27. The normalized spacial score (nSPS) is 9.96. The summed E-state index contributed by atoms with van der Waals surface area (Å²) < 4.78 is 15.6. The molecular formula is C16H16N2O6. The average Bonchev–Trinajstić information content (AvgIpc) is 2.60. The predicted octanol–water partition coefficient (Wildman–Crippen LogP) is 2.87. The van der Waals surface area contributed by atoms with Gasteiger partial charge in [0.05, 0.1) is 26.3 Å². The molecule has 0 aliphatic carbocycles. The number of nitrogens with zero attached hydrogens (tertiary/aromatic N) is 1. The third kappa shape index (κ3) is 3.37. The van der Waals surface area contributed by atoms with Crippen LogP contribution in [0, 0.1) is 10.1 Å². The number of para-hydroxylation sites is 1. The summed E-state index contributed by atoms with van der Waals surface area (Å²) in [5.41, 5.74) is 0.0337. The first-order chi connectivity index (χ1) is 11.5. The third-order valence-electron chi connectivity index (χ3n) is 3.27. The molecule has 0 aromatic heterocycles. The molecule has 0 heterocycles. The first-order valence-corrected chi connectivity index (χ1v) is 6.86. The molecule has 0 unspecified atom stereocenters. The van der Waals surface area contributed by atoms with Gasteiger partial charge in [-0.1, -0.05) is 12.1 Å². The van der Waals surface area contributed by atoms with E-state index >= 15 is 0 Å². The van der Waals surface area contributed by atoms with E-state index in [0.29, 0.717) is 22.9 Å². The molecule has 0 saturated carbocycles. The van der Waals surface area contributed by atoms with Crippen molar-refractivity contribution in [3.63, 3.8) is 0 Å². The number of nitro groups is 1. The number of methoxy groups -OCH3 is 3. The molecule has 0 saturated heterocycles. The monoisotopic (exact) mass is 332 g/mol. The van der Waals surface area contributed by atoms with Gasteiger partial charge in [-0.25, -0.2) is 0 Å². The van der Waals surface area contributed by atoms with Crippen LogP contribution in [-0.2, 0) is 0 Å². The maximum atomic E-state index is 12.4. The van der Waals surface area contributed by atoms with Gasteiger partial charge in [-0.2, -0.15) is 0 Å². The summed E-state index contributed by atoms with van der Waals surface area (Å²) in [7, 11) is 4.36. The number of carbonyl (C=O) groups is 1. The molecule has 0 atom stereocenters. The fourth-order valence-corrected chi connectivity index (χ4v) is 2.18. The van der Waals surface area contributed by atoms with Crippen LogP contribution in [0.15, 0.2) is 36.4 Å². The zero-order valence-corrected chi connectivity index (χ0v) is 13.4. The molecule has 8 nitrogen and oxygen atoms in total. The largest absolute Gasteiger partial charge is 0.493 e. The second-order valence-electron chi connectivity index (χ2n) is 4.64. The lowest BCUT2D eigenvalue weighted by atomic mass is 10.1. The summed E-state index contributed by atoms with van der Waals surface area (Å²) in [4.78, 5) is 22.8. The van der Waals surface area contributed by atoms with E-state index in [1.165, 1.54) is 51.7 Å². The molecule has 1 N–H and O–H groups in total. The minimum absolute atomic E-state index is 0.0451. The van der Waals surface area contributed by atoms with Gasteiger partial charge in [-0.3, -0.25) is 14.9 Å². The predicted molar refractivity (Wildman–Crippen MR) is 87.1 cm³/mol. The van der Waals surface area contributed by atoms with Gasteiger partial charge in [0, 0.05) is 23.9 Å². The van der Waals surface area contributed by atoms with Gasteiger partial charge >= 0.3 is 0 Å². The lowest BCUT2D eigenvalue weighted by molar-refractivity contribution is -0.385. The Morgan fingerprint density at radius 1 is 1.04 bits per heavy atom. The van der Waals surface area contributed by atoms with Crippen LogP contribution in [0.25, 0.3) is 0 Å². The van der Waals surface area contributed by atoms with Crippen LogP contribution in [0.3, 0.4) is 0 Å². The Bertz CT molecular complexity index is 750. The van der Waals surface area contributed by atoms with Crippen LogP contribution in [-0.4, -0.2) is 32.2 Å². The SMILES string of the molecule is COc1cc(NC(=O)c2ccccc2[N+](=O)[O-])cc(OC)c1OC. The number of amides is 1. The van der Waals surface area contributed by atoms with Crippen molar-refractivity contribution in [3.05, 3.63) is 52.1 Å². The first kappa shape index (κ1) is 17.1. The van der Waals surface area contributed by atoms with Crippen molar-refractivity contribution >= 4 is 17.3 Å². The van der Waals surface area contributed by atoms with Crippen molar-refractivity contribution in [2.24, 2.45) is 0 Å². The van der Waals surface area contributed by atoms with Crippen LogP contribution in [0.1, 0.15) is 10.4 Å². The van der Waals surface area contributed by atoms with E-state index < -0.39 is 10.8 Å². The molecule has 0 radical (unpaired) electrons. The van der Waals surface area contributed by atoms with Gasteiger partial charge in [0.15, 0.2) is 11.5 Å². The summed E-state index contributed by atoms with van der Waals surface area (Å²) in [5, 5.41) is 13.6. The highest BCUT2D eigenvalue weighted by atomic mass is 16.6. The molecular weight excluding hydrogens is 316 g/mol. The number of rotatable bonds is 6. The van der Waals surface area contributed by atoms with Crippen molar-refractivity contribution in [1.82, 2.24) is 0 Å². The molecule has 0 fully saturated rings. The van der Waals surface area contributed by atoms with E-state index in [1.54, 1.807) is 6.07 Å². The van der Waals surface area contributed by atoms with Crippen LogP contribution >= 0.6 is 0 Å². The van der Waals surface area contributed by atoms with Gasteiger partial charge in [0.1, 0.15) is 5.56 Å². The van der Waals surface area contributed by atoms with E-state index in [0.717, 1.165) is 0 Å². The topological polar surface area (TPSA) is 99.9 Å². The zero-order chi connectivity index (χ0) is 17.7. The second-order valence-corrected chi connectivity index (χ2v) is 4.64. The zero-order valence-electron chi connectivity index (χ0n) is 13.4. The van der Waals surface area contributed by atoms with Gasteiger partial charge in [-0.15, -0.1) is 0 Å². The number of carbonyl (C=O) groups excluding carboxylic acids is 1. The highest BCUT2D eigenvalue weighted by molar-refractivity contribution is 6.07. The quantitative estimate of drug-likeness (QED) is 0.645. The number of benzene rings is 2. The molecule has 0 aliphatic heterocycles. The van der Waals surface area contributed by atoms with Crippen molar-refractivity contribution in [2.75, 3.05) is 26.6 Å². The maximum Gasteiger partial charge on any atom is 0.282 e. The second kappa shape index (κ2) is 7.32. The fraction of sp³-hybridized carbons (Fsp3) is 0.188. The lowest BCUT2D eigenvalue weighted by Crippen LogP contribution is -2.14. The van der Waals surface area contributed by atoms with E-state index in [9.17, 15) is 14.9 Å². The Morgan fingerprint density at radius 2 is 1.62 bits per heavy atom. The van der Waals surface area contributed by atoms with E-state index in [2.05, 4.69) is 5.32 Å². The molecule has 2 aromatic carbocycles. The minimum Gasteiger partial charge on any atom is -0.493 e. The molecule has 2 rings (SSSR count). The molecule has 0 spiro atoms. The van der Waals surface area contributed by atoms with E-state index in [4.69, 9.17) is 14.2 Å². The summed E-state index contributed by atoms with van der Waals surface area (Å²) in [5.74, 6) is 0.477. The first-order valence-electron chi connectivity index (χ1n) is 6.86. The smallest absolute Gasteiger partial charge is 0.282 e. The summed E-state index contributed by atoms with van der Waals surface area (Å²) >= 11 is 0. The summed E-state index contributed by atoms with van der Waals surface area (Å²) in [6.07, 6.45) is 0. The standard InChI is InChI=1S/C16H16N2O6/c1-22-13-8-10(9-14(23-2)15(13)24-3)17-16(19)11-6-4-5-7-12(11)18(20)21/h4-9H,1-3H3,(H,17,19). The van der Waals surface area contributed by atoms with E-state index in [-0.39, 0.29) is 11.3 Å². The fourth-order valence-electron chi connectivity index (χ4n) is 2.18. The lowest BCUT2D eigenvalue weighted by Gasteiger charge is -2.14. The van der Waals surface area contributed by atoms with Gasteiger partial charge in [-0.05, 0) is 6.07 Å². The summed E-state index contributed by atoms with van der Waals surface area (Å²) in [6.45, 7) is 0. The van der Waals surface area contributed by atoms with Crippen LogP contribution in [0.4, 0.5) is 11.4 Å². The number of hydrogen-bond donors (Lipinski definition) is 1. The van der Waals surface area contributed by atoms with Gasteiger partial charge < -0.3 is 19.5 Å².